The summed E-state index contributed by atoms with van der Waals surface area (Å²) in [5.41, 5.74) is 0.815. The predicted octanol–water partition coefficient (Wildman–Crippen LogP) is 1.65. The Morgan fingerprint density at radius 2 is 2.09 bits per heavy atom. The molecule has 1 aromatic carbocycles. The first-order valence-corrected chi connectivity index (χ1v) is 8.37. The van der Waals surface area contributed by atoms with Gasteiger partial charge in [0.2, 0.25) is 11.8 Å². The number of anilines is 1. The van der Waals surface area contributed by atoms with Gasteiger partial charge in [-0.25, -0.2) is 0 Å². The molecule has 2 heterocycles. The summed E-state index contributed by atoms with van der Waals surface area (Å²) >= 11 is 7.54. The molecule has 2 unspecified atom stereocenters. The zero-order valence-corrected chi connectivity index (χ0v) is 14.1. The van der Waals surface area contributed by atoms with Crippen LogP contribution in [-0.4, -0.2) is 42.1 Å². The minimum atomic E-state index is -0.430. The zero-order chi connectivity index (χ0) is 14.8. The number of carbonyl (C=O) groups excluding carboxylic acids is 2. The molecular weight excluding hydrogens is 345 g/mol. The molecule has 0 spiro atoms. The van der Waals surface area contributed by atoms with Gasteiger partial charge < -0.3 is 10.2 Å². The summed E-state index contributed by atoms with van der Waals surface area (Å²) in [5.74, 6) is 1.40. The lowest BCUT2D eigenvalue weighted by atomic mass is 10.2. The Balaban J connectivity index is 0.00000176. The second-order valence-electron chi connectivity index (χ2n) is 5.09. The van der Waals surface area contributed by atoms with Crippen molar-refractivity contribution >= 4 is 53.3 Å². The molecule has 2 fully saturated rings. The molecule has 0 aromatic heterocycles. The van der Waals surface area contributed by atoms with Gasteiger partial charge in [-0.3, -0.25) is 14.9 Å². The van der Waals surface area contributed by atoms with Gasteiger partial charge in [-0.1, -0.05) is 11.6 Å². The van der Waals surface area contributed by atoms with Crippen molar-refractivity contribution in [2.75, 3.05) is 23.1 Å². The normalized spacial score (nSPS) is 24.2. The van der Waals surface area contributed by atoms with Crippen LogP contribution in [0.15, 0.2) is 24.3 Å². The quantitative estimate of drug-likeness (QED) is 0.859. The van der Waals surface area contributed by atoms with E-state index >= 15 is 0 Å². The van der Waals surface area contributed by atoms with Crippen LogP contribution < -0.4 is 15.5 Å². The van der Waals surface area contributed by atoms with Crippen LogP contribution in [0.4, 0.5) is 5.69 Å². The zero-order valence-electron chi connectivity index (χ0n) is 11.8. The summed E-state index contributed by atoms with van der Waals surface area (Å²) in [6, 6.07) is 6.54. The fraction of sp³-hybridized carbons (Fsp3) is 0.429. The summed E-state index contributed by atoms with van der Waals surface area (Å²) < 4.78 is 0. The van der Waals surface area contributed by atoms with Gasteiger partial charge in [-0.2, -0.15) is 0 Å². The topological polar surface area (TPSA) is 61.4 Å². The van der Waals surface area contributed by atoms with E-state index in [0.29, 0.717) is 18.0 Å². The predicted molar refractivity (Wildman–Crippen MR) is 91.8 cm³/mol. The number of benzene rings is 1. The van der Waals surface area contributed by atoms with E-state index in [1.54, 1.807) is 28.8 Å². The van der Waals surface area contributed by atoms with Gasteiger partial charge in [0.05, 0.1) is 6.04 Å². The number of thioether (sulfide) groups is 1. The van der Waals surface area contributed by atoms with Crippen LogP contribution in [0.3, 0.4) is 0 Å². The smallest absolute Gasteiger partial charge is 0.249 e. The number of rotatable bonds is 3. The van der Waals surface area contributed by atoms with Gasteiger partial charge >= 0.3 is 0 Å². The highest BCUT2D eigenvalue weighted by atomic mass is 35.5. The second-order valence-corrected chi connectivity index (χ2v) is 6.55. The fourth-order valence-corrected chi connectivity index (χ4v) is 3.59. The molecule has 8 heteroatoms. The Labute approximate surface area is 144 Å². The lowest BCUT2D eigenvalue weighted by molar-refractivity contribution is -0.127. The average Bonchev–Trinajstić information content (AvgIpc) is 3.11. The molecule has 1 aromatic rings. The van der Waals surface area contributed by atoms with E-state index in [9.17, 15) is 9.59 Å². The lowest BCUT2D eigenvalue weighted by Gasteiger charge is -2.18. The minimum absolute atomic E-state index is 0. The molecule has 0 bridgehead atoms. The molecule has 2 aliphatic heterocycles. The van der Waals surface area contributed by atoms with Crippen molar-refractivity contribution in [1.29, 1.82) is 0 Å². The molecule has 0 aliphatic carbocycles. The fourth-order valence-electron chi connectivity index (χ4n) is 2.53. The number of halogens is 2. The number of hydrogen-bond donors (Lipinski definition) is 2. The number of nitrogens with zero attached hydrogens (tertiary/aromatic N) is 1. The second kappa shape index (κ2) is 7.55. The standard InChI is InChI=1S/C14H16ClN3O2S.ClH/c15-9-1-3-10(4-2-9)18-6-5-11(14(18)20)17-13(19)12-7-21-8-16-12;/h1-4,11-12,16H,5-8H2,(H,17,19);1H. The molecule has 0 saturated carbocycles. The Bertz CT molecular complexity index is 550. The maximum atomic E-state index is 12.4. The summed E-state index contributed by atoms with van der Waals surface area (Å²) in [6.07, 6.45) is 0.632. The first-order chi connectivity index (χ1) is 10.1. The minimum Gasteiger partial charge on any atom is -0.343 e. The van der Waals surface area contributed by atoms with Crippen LogP contribution in [0.1, 0.15) is 6.42 Å². The molecule has 5 nitrogen and oxygen atoms in total. The largest absolute Gasteiger partial charge is 0.343 e. The maximum Gasteiger partial charge on any atom is 0.249 e. The van der Waals surface area contributed by atoms with E-state index < -0.39 is 6.04 Å². The van der Waals surface area contributed by atoms with Crippen molar-refractivity contribution in [3.05, 3.63) is 29.3 Å². The molecular formula is C14H17Cl2N3O2S. The molecule has 3 rings (SSSR count). The van der Waals surface area contributed by atoms with Crippen LogP contribution in [0, 0.1) is 0 Å². The Morgan fingerprint density at radius 1 is 1.36 bits per heavy atom. The monoisotopic (exact) mass is 361 g/mol. The number of carbonyl (C=O) groups is 2. The number of hydrogen-bond acceptors (Lipinski definition) is 4. The Kier molecular flexibility index (Phi) is 5.97. The van der Waals surface area contributed by atoms with Crippen LogP contribution in [-0.2, 0) is 9.59 Å². The SMILES string of the molecule is Cl.O=C(NC1CCN(c2ccc(Cl)cc2)C1=O)C1CSCN1. The molecule has 0 radical (unpaired) electrons. The van der Waals surface area contributed by atoms with Gasteiger partial charge in [0.1, 0.15) is 6.04 Å². The highest BCUT2D eigenvalue weighted by Gasteiger charge is 2.35. The third-order valence-electron chi connectivity index (χ3n) is 3.69. The third-order valence-corrected chi connectivity index (χ3v) is 4.88. The van der Waals surface area contributed by atoms with Crippen molar-refractivity contribution in [2.45, 2.75) is 18.5 Å². The molecule has 120 valence electrons. The summed E-state index contributed by atoms with van der Waals surface area (Å²) in [7, 11) is 0. The van der Waals surface area contributed by atoms with Crippen LogP contribution in [0.2, 0.25) is 5.02 Å². The molecule has 2 N–H and O–H groups in total. The van der Waals surface area contributed by atoms with Gasteiger partial charge in [-0.05, 0) is 30.7 Å². The Hall–Kier alpha value is -0.950. The molecule has 2 atom stereocenters. The van der Waals surface area contributed by atoms with E-state index in [2.05, 4.69) is 10.6 Å². The van der Waals surface area contributed by atoms with E-state index in [1.165, 1.54) is 0 Å². The van der Waals surface area contributed by atoms with Crippen molar-refractivity contribution < 1.29 is 9.59 Å². The van der Waals surface area contributed by atoms with Crippen LogP contribution >= 0.6 is 35.8 Å². The first kappa shape index (κ1) is 17.4. The van der Waals surface area contributed by atoms with E-state index in [-0.39, 0.29) is 30.3 Å². The van der Waals surface area contributed by atoms with Gasteiger partial charge in [0.25, 0.3) is 0 Å². The van der Waals surface area contributed by atoms with Gasteiger partial charge in [0, 0.05) is 28.9 Å². The van der Waals surface area contributed by atoms with E-state index in [4.69, 9.17) is 11.6 Å². The molecule has 2 aliphatic rings. The number of nitrogens with one attached hydrogen (secondary N) is 2. The lowest BCUT2D eigenvalue weighted by Crippen LogP contribution is -2.49. The third kappa shape index (κ3) is 3.68. The van der Waals surface area contributed by atoms with Crippen molar-refractivity contribution in [1.82, 2.24) is 10.6 Å². The maximum absolute atomic E-state index is 12.4. The van der Waals surface area contributed by atoms with Crippen molar-refractivity contribution in [3.63, 3.8) is 0 Å². The average molecular weight is 362 g/mol. The summed E-state index contributed by atoms with van der Waals surface area (Å²) in [6.45, 7) is 0.609. The van der Waals surface area contributed by atoms with E-state index in [0.717, 1.165) is 17.3 Å². The molecule has 2 amide bonds. The van der Waals surface area contributed by atoms with Crippen LogP contribution in [0.5, 0.6) is 0 Å². The van der Waals surface area contributed by atoms with Crippen LogP contribution in [0.25, 0.3) is 0 Å². The molecule has 22 heavy (non-hydrogen) atoms. The van der Waals surface area contributed by atoms with Gasteiger partial charge in [0.15, 0.2) is 0 Å². The summed E-state index contributed by atoms with van der Waals surface area (Å²) in [4.78, 5) is 26.1. The number of amides is 2. The Morgan fingerprint density at radius 3 is 2.73 bits per heavy atom. The first-order valence-electron chi connectivity index (χ1n) is 6.83. The van der Waals surface area contributed by atoms with E-state index in [1.807, 2.05) is 12.1 Å². The highest BCUT2D eigenvalue weighted by molar-refractivity contribution is 7.99. The highest BCUT2D eigenvalue weighted by Crippen LogP contribution is 2.23. The van der Waals surface area contributed by atoms with Crippen molar-refractivity contribution in [2.24, 2.45) is 0 Å². The molecule has 2 saturated heterocycles. The van der Waals surface area contributed by atoms with Crippen molar-refractivity contribution in [3.8, 4) is 0 Å². The summed E-state index contributed by atoms with van der Waals surface area (Å²) in [5, 5.41) is 6.59. The van der Waals surface area contributed by atoms with Gasteiger partial charge in [-0.15, -0.1) is 24.2 Å².